The van der Waals surface area contributed by atoms with Crippen molar-refractivity contribution < 1.29 is 9.59 Å². The third kappa shape index (κ3) is 4.25. The number of thiophene rings is 1. The van der Waals surface area contributed by atoms with Crippen LogP contribution in [-0.4, -0.2) is 31.9 Å². The molecule has 3 heterocycles. The predicted octanol–water partition coefficient (Wildman–Crippen LogP) is 4.80. The van der Waals surface area contributed by atoms with Crippen molar-refractivity contribution in [3.63, 3.8) is 0 Å². The molecule has 0 bridgehead atoms. The molecule has 28 heavy (non-hydrogen) atoms. The highest BCUT2D eigenvalue weighted by Crippen LogP contribution is 2.26. The smallest absolute Gasteiger partial charge is 0.174 e. The van der Waals surface area contributed by atoms with E-state index in [1.165, 1.54) is 23.6 Å². The number of hydrogen-bond donors (Lipinski definition) is 0. The van der Waals surface area contributed by atoms with Crippen molar-refractivity contribution in [1.29, 1.82) is 0 Å². The maximum atomic E-state index is 12.9. The van der Waals surface area contributed by atoms with E-state index in [1.54, 1.807) is 25.2 Å². The molecule has 3 aromatic heterocycles. The number of thioether (sulfide) groups is 1. The summed E-state index contributed by atoms with van der Waals surface area (Å²) in [6.45, 7) is 9.88. The van der Waals surface area contributed by atoms with Crippen LogP contribution in [0.2, 0.25) is 0 Å². The van der Waals surface area contributed by atoms with Crippen molar-refractivity contribution in [1.82, 2.24) is 14.5 Å². The molecular formula is C21H23N3O2S2. The van der Waals surface area contributed by atoms with E-state index in [2.05, 4.69) is 26.0 Å². The Morgan fingerprint density at radius 3 is 2.57 bits per heavy atom. The van der Waals surface area contributed by atoms with Crippen LogP contribution in [0.5, 0.6) is 0 Å². The van der Waals surface area contributed by atoms with Gasteiger partial charge in [0.25, 0.3) is 0 Å². The van der Waals surface area contributed by atoms with E-state index in [-0.39, 0.29) is 17.3 Å². The van der Waals surface area contributed by atoms with E-state index >= 15 is 0 Å². The topological polar surface area (TPSA) is 64.8 Å². The first-order valence-corrected chi connectivity index (χ1v) is 10.9. The molecule has 7 heteroatoms. The van der Waals surface area contributed by atoms with Crippen molar-refractivity contribution in [3.8, 4) is 0 Å². The van der Waals surface area contributed by atoms with Gasteiger partial charge in [-0.1, -0.05) is 17.8 Å². The van der Waals surface area contributed by atoms with Gasteiger partial charge in [-0.25, -0.2) is 9.97 Å². The fourth-order valence-corrected chi connectivity index (χ4v) is 5.04. The summed E-state index contributed by atoms with van der Waals surface area (Å²) in [5.41, 5.74) is 3.93. The van der Waals surface area contributed by atoms with Gasteiger partial charge in [0.1, 0.15) is 10.9 Å². The van der Waals surface area contributed by atoms with Crippen molar-refractivity contribution in [2.24, 2.45) is 0 Å². The number of aromatic nitrogens is 3. The van der Waals surface area contributed by atoms with Crippen LogP contribution < -0.4 is 0 Å². The Hall–Kier alpha value is -2.25. The number of carbonyl (C=O) groups excluding carboxylic acids is 2. The Labute approximate surface area is 173 Å². The van der Waals surface area contributed by atoms with Crippen LogP contribution >= 0.6 is 23.1 Å². The molecule has 3 aromatic rings. The summed E-state index contributed by atoms with van der Waals surface area (Å²) in [5.74, 6) is 0.798. The summed E-state index contributed by atoms with van der Waals surface area (Å²) >= 11 is 3.02. The van der Waals surface area contributed by atoms with Crippen molar-refractivity contribution in [2.75, 3.05) is 5.75 Å². The first-order valence-electron chi connectivity index (χ1n) is 8.99. The van der Waals surface area contributed by atoms with Crippen molar-refractivity contribution in [2.45, 2.75) is 46.2 Å². The van der Waals surface area contributed by atoms with Crippen LogP contribution in [0.4, 0.5) is 0 Å². The lowest BCUT2D eigenvalue weighted by molar-refractivity contribution is 0.100. The number of aryl methyl sites for hydroxylation is 3. The van der Waals surface area contributed by atoms with Gasteiger partial charge in [0.15, 0.2) is 11.6 Å². The molecule has 0 radical (unpaired) electrons. The Bertz CT molecular complexity index is 1040. The number of carbonyl (C=O) groups is 2. The van der Waals surface area contributed by atoms with E-state index in [1.807, 2.05) is 26.0 Å². The molecule has 146 valence electrons. The minimum atomic E-state index is -0.0819. The Morgan fingerprint density at radius 2 is 1.93 bits per heavy atom. The van der Waals surface area contributed by atoms with E-state index in [0.717, 1.165) is 23.5 Å². The van der Waals surface area contributed by atoms with Gasteiger partial charge in [-0.3, -0.25) is 9.59 Å². The lowest BCUT2D eigenvalue weighted by Crippen LogP contribution is -2.10. The third-order valence-electron chi connectivity index (χ3n) is 4.63. The van der Waals surface area contributed by atoms with Gasteiger partial charge >= 0.3 is 0 Å². The predicted molar refractivity (Wildman–Crippen MR) is 114 cm³/mol. The summed E-state index contributed by atoms with van der Waals surface area (Å²) in [4.78, 5) is 34.8. The van der Waals surface area contributed by atoms with Gasteiger partial charge < -0.3 is 4.57 Å². The molecule has 0 spiro atoms. The molecule has 0 atom stereocenters. The van der Waals surface area contributed by atoms with Crippen LogP contribution in [-0.2, 0) is 6.54 Å². The molecule has 0 aliphatic rings. The molecule has 0 unspecified atom stereocenters. The van der Waals surface area contributed by atoms with Gasteiger partial charge in [0.05, 0.1) is 23.6 Å². The SMILES string of the molecule is CC(=O)c1c(C)nc(C)nc1SCC(=O)c1cc(C)n(Cc2cccs2)c1C. The zero-order valence-electron chi connectivity index (χ0n) is 16.7. The molecule has 0 aliphatic carbocycles. The van der Waals surface area contributed by atoms with E-state index in [0.29, 0.717) is 22.1 Å². The van der Waals surface area contributed by atoms with Gasteiger partial charge in [0, 0.05) is 21.8 Å². The number of ketones is 2. The normalized spacial score (nSPS) is 11.0. The molecule has 0 amide bonds. The van der Waals surface area contributed by atoms with Crippen LogP contribution in [0.15, 0.2) is 28.6 Å². The molecule has 0 aliphatic heterocycles. The fraction of sp³-hybridized carbons (Fsp3) is 0.333. The Morgan fingerprint density at radius 1 is 1.18 bits per heavy atom. The van der Waals surface area contributed by atoms with Gasteiger partial charge in [-0.05, 0) is 52.1 Å². The third-order valence-corrected chi connectivity index (χ3v) is 6.47. The second-order valence-electron chi connectivity index (χ2n) is 6.75. The van der Waals surface area contributed by atoms with Crippen molar-refractivity contribution in [3.05, 3.63) is 62.5 Å². The molecule has 0 saturated heterocycles. The molecule has 3 rings (SSSR count). The van der Waals surface area contributed by atoms with Gasteiger partial charge in [-0.15, -0.1) is 11.3 Å². The fourth-order valence-electron chi connectivity index (χ4n) is 3.29. The maximum absolute atomic E-state index is 12.9. The monoisotopic (exact) mass is 413 g/mol. The minimum absolute atomic E-state index is 0.0407. The molecule has 5 nitrogen and oxygen atoms in total. The largest absolute Gasteiger partial charge is 0.343 e. The Kier molecular flexibility index (Phi) is 6.15. The standard InChI is InChI=1S/C21H23N3O2S2/c1-12-9-18(14(3)24(12)10-17-7-6-8-27-17)19(26)11-28-21-20(15(4)25)13(2)22-16(5)23-21/h6-9H,10-11H2,1-5H3. The van der Waals surface area contributed by atoms with E-state index in [9.17, 15) is 9.59 Å². The number of nitrogens with zero attached hydrogens (tertiary/aromatic N) is 3. The van der Waals surface area contributed by atoms with E-state index in [4.69, 9.17) is 0 Å². The van der Waals surface area contributed by atoms with Crippen LogP contribution in [0.25, 0.3) is 0 Å². The lowest BCUT2D eigenvalue weighted by atomic mass is 10.2. The summed E-state index contributed by atoms with van der Waals surface area (Å²) in [6.07, 6.45) is 0. The molecule has 0 fully saturated rings. The summed E-state index contributed by atoms with van der Waals surface area (Å²) < 4.78 is 2.17. The summed E-state index contributed by atoms with van der Waals surface area (Å²) in [5, 5.41) is 2.64. The maximum Gasteiger partial charge on any atom is 0.174 e. The second-order valence-corrected chi connectivity index (χ2v) is 8.75. The highest BCUT2D eigenvalue weighted by molar-refractivity contribution is 8.00. The zero-order valence-corrected chi connectivity index (χ0v) is 18.3. The highest BCUT2D eigenvalue weighted by atomic mass is 32.2. The number of Topliss-reactive ketones (excluding diaryl/α,β-unsaturated/α-hetero) is 2. The average Bonchev–Trinajstić information content (AvgIpc) is 3.22. The lowest BCUT2D eigenvalue weighted by Gasteiger charge is -2.10. The van der Waals surface area contributed by atoms with Crippen LogP contribution in [0.1, 0.15) is 55.4 Å². The second kappa shape index (κ2) is 8.41. The highest BCUT2D eigenvalue weighted by Gasteiger charge is 2.19. The van der Waals surface area contributed by atoms with Crippen molar-refractivity contribution >= 4 is 34.7 Å². The van der Waals surface area contributed by atoms with Crippen LogP contribution in [0, 0.1) is 27.7 Å². The number of hydrogen-bond acceptors (Lipinski definition) is 6. The quantitative estimate of drug-likeness (QED) is 0.316. The summed E-state index contributed by atoms with van der Waals surface area (Å²) in [6, 6.07) is 6.09. The molecule has 0 aromatic carbocycles. The van der Waals surface area contributed by atoms with Gasteiger partial charge in [0.2, 0.25) is 0 Å². The average molecular weight is 414 g/mol. The molecule has 0 N–H and O–H groups in total. The first kappa shape index (κ1) is 20.5. The molecular weight excluding hydrogens is 390 g/mol. The zero-order chi connectivity index (χ0) is 20.4. The Balaban J connectivity index is 1.81. The minimum Gasteiger partial charge on any atom is -0.343 e. The summed E-state index contributed by atoms with van der Waals surface area (Å²) in [7, 11) is 0. The van der Waals surface area contributed by atoms with Crippen LogP contribution in [0.3, 0.4) is 0 Å². The van der Waals surface area contributed by atoms with Gasteiger partial charge in [-0.2, -0.15) is 0 Å². The molecule has 0 saturated carbocycles. The first-order chi connectivity index (χ1) is 13.3. The van der Waals surface area contributed by atoms with E-state index < -0.39 is 0 Å². The number of rotatable bonds is 7.